The molecule has 2 aromatic heterocycles. The summed E-state index contributed by atoms with van der Waals surface area (Å²) >= 11 is 0. The number of anilines is 1. The van der Waals surface area contributed by atoms with Crippen molar-refractivity contribution in [2.45, 2.75) is 6.42 Å². The molecule has 7 heteroatoms. The molecule has 36 heavy (non-hydrogen) atoms. The smallest absolute Gasteiger partial charge is 0.248 e. The number of carbonyl (C=O) groups is 1. The number of ether oxygens (including phenoxy) is 3. The maximum absolute atomic E-state index is 12.3. The molecule has 0 bridgehead atoms. The first-order chi connectivity index (χ1) is 17.6. The van der Waals surface area contributed by atoms with Gasteiger partial charge in [-0.2, -0.15) is 0 Å². The molecule has 182 valence electrons. The zero-order chi connectivity index (χ0) is 25.2. The van der Waals surface area contributed by atoms with E-state index in [0.29, 0.717) is 36.1 Å². The molecular weight excluding hydrogens is 454 g/mol. The number of aromatic nitrogens is 2. The minimum Gasteiger partial charge on any atom is -0.493 e. The number of nitrogens with zero attached hydrogens (tertiary/aromatic N) is 2. The molecule has 0 saturated heterocycles. The van der Waals surface area contributed by atoms with Gasteiger partial charge in [-0.3, -0.25) is 9.78 Å². The highest BCUT2D eigenvalue weighted by Crippen LogP contribution is 2.28. The van der Waals surface area contributed by atoms with Gasteiger partial charge in [-0.15, -0.1) is 0 Å². The topological polar surface area (TPSA) is 82.6 Å². The van der Waals surface area contributed by atoms with E-state index < -0.39 is 0 Å². The largest absolute Gasteiger partial charge is 0.493 e. The van der Waals surface area contributed by atoms with Crippen molar-refractivity contribution in [3.8, 4) is 28.6 Å². The predicted octanol–water partition coefficient (Wildman–Crippen LogP) is 5.43. The van der Waals surface area contributed by atoms with Gasteiger partial charge in [0.05, 0.1) is 26.5 Å². The van der Waals surface area contributed by atoms with E-state index in [1.165, 1.54) is 6.08 Å². The Morgan fingerprint density at radius 3 is 2.61 bits per heavy atom. The van der Waals surface area contributed by atoms with E-state index in [2.05, 4.69) is 15.3 Å². The molecule has 0 aliphatic rings. The number of rotatable bonds is 10. The number of carbonyl (C=O) groups excluding carboxylic acids is 1. The molecular formula is C29H27N3O4. The van der Waals surface area contributed by atoms with Crippen LogP contribution in [0.3, 0.4) is 0 Å². The van der Waals surface area contributed by atoms with Gasteiger partial charge < -0.3 is 19.5 Å². The monoisotopic (exact) mass is 481 g/mol. The average Bonchev–Trinajstić information content (AvgIpc) is 2.92. The van der Waals surface area contributed by atoms with Crippen LogP contribution in [0.15, 0.2) is 91.3 Å². The Morgan fingerprint density at radius 1 is 0.944 bits per heavy atom. The van der Waals surface area contributed by atoms with Gasteiger partial charge in [0.15, 0.2) is 11.5 Å². The third-order valence-corrected chi connectivity index (χ3v) is 5.35. The second-order valence-electron chi connectivity index (χ2n) is 7.84. The summed E-state index contributed by atoms with van der Waals surface area (Å²) in [4.78, 5) is 21.0. The lowest BCUT2D eigenvalue weighted by Gasteiger charge is -2.11. The summed E-state index contributed by atoms with van der Waals surface area (Å²) in [5, 5.41) is 2.88. The van der Waals surface area contributed by atoms with Gasteiger partial charge >= 0.3 is 0 Å². The summed E-state index contributed by atoms with van der Waals surface area (Å²) in [5.41, 5.74) is 4.23. The van der Waals surface area contributed by atoms with E-state index in [4.69, 9.17) is 14.2 Å². The highest BCUT2D eigenvalue weighted by Gasteiger charge is 2.07. The van der Waals surface area contributed by atoms with Gasteiger partial charge in [-0.25, -0.2) is 4.98 Å². The lowest BCUT2D eigenvalue weighted by molar-refractivity contribution is -0.111. The Labute approximate surface area is 210 Å². The Morgan fingerprint density at radius 2 is 1.81 bits per heavy atom. The number of methoxy groups -OCH3 is 2. The molecule has 0 aliphatic carbocycles. The minimum absolute atomic E-state index is 0.226. The van der Waals surface area contributed by atoms with Crippen molar-refractivity contribution >= 4 is 17.7 Å². The molecule has 4 rings (SSSR count). The summed E-state index contributed by atoms with van der Waals surface area (Å²) in [6.45, 7) is 0.464. The molecule has 0 unspecified atom stereocenters. The van der Waals surface area contributed by atoms with E-state index in [1.54, 1.807) is 32.7 Å². The standard InChI is InChI=1S/C29H27N3O4/c1-34-26-13-11-21(18-27(26)35-2)15-17-36-29-10-4-9-25(32-29)23-7-3-8-24(19-23)31-28(33)14-12-22-6-5-16-30-20-22/h3-14,16,18-20H,15,17H2,1-2H3,(H,31,33)/b14-12+. The van der Waals surface area contributed by atoms with Crippen molar-refractivity contribution in [3.05, 3.63) is 102 Å². The van der Waals surface area contributed by atoms with Crippen LogP contribution < -0.4 is 19.5 Å². The van der Waals surface area contributed by atoms with Crippen molar-refractivity contribution in [1.29, 1.82) is 0 Å². The van der Waals surface area contributed by atoms with Crippen molar-refractivity contribution < 1.29 is 19.0 Å². The normalized spacial score (nSPS) is 10.7. The molecule has 0 fully saturated rings. The van der Waals surface area contributed by atoms with Gasteiger partial charge in [0.2, 0.25) is 11.8 Å². The van der Waals surface area contributed by atoms with E-state index >= 15 is 0 Å². The van der Waals surface area contributed by atoms with Gasteiger partial charge in [0, 0.05) is 42.2 Å². The average molecular weight is 482 g/mol. The molecule has 0 spiro atoms. The third kappa shape index (κ3) is 6.70. The van der Waals surface area contributed by atoms with Gasteiger partial charge in [0.25, 0.3) is 0 Å². The second kappa shape index (κ2) is 12.2. The van der Waals surface area contributed by atoms with E-state index in [1.807, 2.05) is 72.8 Å². The van der Waals surface area contributed by atoms with Crippen LogP contribution in [0.1, 0.15) is 11.1 Å². The highest BCUT2D eigenvalue weighted by atomic mass is 16.5. The van der Waals surface area contributed by atoms with Crippen LogP contribution in [0.4, 0.5) is 5.69 Å². The molecule has 0 aliphatic heterocycles. The lowest BCUT2D eigenvalue weighted by atomic mass is 10.1. The highest BCUT2D eigenvalue weighted by molar-refractivity contribution is 6.02. The quantitative estimate of drug-likeness (QED) is 0.304. The number of hydrogen-bond acceptors (Lipinski definition) is 6. The second-order valence-corrected chi connectivity index (χ2v) is 7.84. The zero-order valence-electron chi connectivity index (χ0n) is 20.2. The van der Waals surface area contributed by atoms with Crippen molar-refractivity contribution in [2.75, 3.05) is 26.1 Å². The fourth-order valence-corrected chi connectivity index (χ4v) is 3.55. The molecule has 4 aromatic rings. The molecule has 1 N–H and O–H groups in total. The van der Waals surface area contributed by atoms with E-state index in [0.717, 1.165) is 22.4 Å². The fraction of sp³-hybridized carbons (Fsp3) is 0.138. The summed E-state index contributed by atoms with van der Waals surface area (Å²) in [5.74, 6) is 1.69. The Hall–Kier alpha value is -4.65. The van der Waals surface area contributed by atoms with Gasteiger partial charge in [-0.1, -0.05) is 30.3 Å². The van der Waals surface area contributed by atoms with Crippen molar-refractivity contribution in [2.24, 2.45) is 0 Å². The molecule has 0 radical (unpaired) electrons. The molecule has 1 amide bonds. The zero-order valence-corrected chi connectivity index (χ0v) is 20.2. The first-order valence-corrected chi connectivity index (χ1v) is 11.4. The van der Waals surface area contributed by atoms with Crippen LogP contribution in [0.2, 0.25) is 0 Å². The van der Waals surface area contributed by atoms with E-state index in [9.17, 15) is 4.79 Å². The third-order valence-electron chi connectivity index (χ3n) is 5.35. The SMILES string of the molecule is COc1ccc(CCOc2cccc(-c3cccc(NC(=O)/C=C/c4cccnc4)c3)n2)cc1OC. The number of pyridine rings is 2. The van der Waals surface area contributed by atoms with Gasteiger partial charge in [-0.05, 0) is 53.6 Å². The molecule has 2 heterocycles. The number of nitrogens with one attached hydrogen (secondary N) is 1. The Bertz CT molecular complexity index is 1340. The minimum atomic E-state index is -0.226. The van der Waals surface area contributed by atoms with Crippen LogP contribution in [0.5, 0.6) is 17.4 Å². The van der Waals surface area contributed by atoms with E-state index in [-0.39, 0.29) is 5.91 Å². The van der Waals surface area contributed by atoms with Crippen LogP contribution >= 0.6 is 0 Å². The lowest BCUT2D eigenvalue weighted by Crippen LogP contribution is -2.07. The maximum atomic E-state index is 12.3. The van der Waals surface area contributed by atoms with Crippen LogP contribution in [0.25, 0.3) is 17.3 Å². The van der Waals surface area contributed by atoms with Crippen LogP contribution in [0, 0.1) is 0 Å². The maximum Gasteiger partial charge on any atom is 0.248 e. The number of amides is 1. The Balaban J connectivity index is 1.37. The van der Waals surface area contributed by atoms with Crippen LogP contribution in [-0.2, 0) is 11.2 Å². The first-order valence-electron chi connectivity index (χ1n) is 11.4. The first kappa shape index (κ1) is 24.5. The molecule has 7 nitrogen and oxygen atoms in total. The summed E-state index contributed by atoms with van der Waals surface area (Å²) in [6.07, 6.45) is 7.28. The predicted molar refractivity (Wildman–Crippen MR) is 140 cm³/mol. The van der Waals surface area contributed by atoms with Gasteiger partial charge in [0.1, 0.15) is 0 Å². The molecule has 2 aromatic carbocycles. The Kier molecular flexibility index (Phi) is 8.27. The number of hydrogen-bond donors (Lipinski definition) is 1. The fourth-order valence-electron chi connectivity index (χ4n) is 3.55. The van der Waals surface area contributed by atoms with Crippen LogP contribution in [-0.4, -0.2) is 36.7 Å². The summed E-state index contributed by atoms with van der Waals surface area (Å²) in [6, 6.07) is 22.7. The van der Waals surface area contributed by atoms with Crippen molar-refractivity contribution in [1.82, 2.24) is 9.97 Å². The van der Waals surface area contributed by atoms with Crippen molar-refractivity contribution in [3.63, 3.8) is 0 Å². The summed E-state index contributed by atoms with van der Waals surface area (Å²) in [7, 11) is 3.23. The molecule has 0 atom stereocenters. The summed E-state index contributed by atoms with van der Waals surface area (Å²) < 4.78 is 16.6. The molecule has 0 saturated carbocycles. The number of benzene rings is 2.